The number of anilines is 1. The second kappa shape index (κ2) is 2.63. The number of hydrogen-bond donors (Lipinski definition) is 2. The molecule has 12 heavy (non-hydrogen) atoms. The van der Waals surface area contributed by atoms with Crippen LogP contribution in [0, 0.1) is 0 Å². The molecule has 0 bridgehead atoms. The van der Waals surface area contributed by atoms with Crippen molar-refractivity contribution in [2.75, 3.05) is 18.2 Å². The molecule has 6 heteroatoms. The van der Waals surface area contributed by atoms with Gasteiger partial charge in [-0.05, 0) is 12.8 Å². The van der Waals surface area contributed by atoms with E-state index in [9.17, 15) is 0 Å². The third kappa shape index (κ3) is 1.00. The van der Waals surface area contributed by atoms with Crippen LogP contribution in [0.4, 0.5) is 5.95 Å². The van der Waals surface area contributed by atoms with Crippen LogP contribution in [-0.4, -0.2) is 21.5 Å². The summed E-state index contributed by atoms with van der Waals surface area (Å²) in [4.78, 5) is 0. The Kier molecular flexibility index (Phi) is 1.61. The fourth-order valence-corrected chi connectivity index (χ4v) is 1.32. The van der Waals surface area contributed by atoms with E-state index in [1.807, 2.05) is 0 Å². The molecule has 1 aliphatic heterocycles. The van der Waals surface area contributed by atoms with Crippen LogP contribution in [0.1, 0.15) is 24.8 Å². The maximum Gasteiger partial charge on any atom is 0.240 e. The predicted octanol–water partition coefficient (Wildman–Crippen LogP) is -0.574. The average molecular weight is 169 g/mol. The Bertz CT molecular complexity index is 277. The van der Waals surface area contributed by atoms with E-state index in [0.29, 0.717) is 5.82 Å². The molecule has 0 saturated carbocycles. The second-order valence-electron chi connectivity index (χ2n) is 2.79. The van der Waals surface area contributed by atoms with E-state index >= 15 is 0 Å². The summed E-state index contributed by atoms with van der Waals surface area (Å²) in [5.74, 6) is 6.41. The average Bonchev–Trinajstić information content (AvgIpc) is 2.64. The quantitative estimate of drug-likeness (QED) is 0.549. The highest BCUT2D eigenvalue weighted by atomic mass is 16.5. The molecule has 6 nitrogen and oxygen atoms in total. The maximum atomic E-state index is 5.57. The monoisotopic (exact) mass is 169 g/mol. The van der Waals surface area contributed by atoms with Crippen LogP contribution >= 0.6 is 0 Å². The maximum absolute atomic E-state index is 5.57. The summed E-state index contributed by atoms with van der Waals surface area (Å²) in [5.41, 5.74) is 5.42. The lowest BCUT2D eigenvalue weighted by atomic mass is 10.2. The minimum absolute atomic E-state index is 0.0280. The van der Waals surface area contributed by atoms with Crippen molar-refractivity contribution in [3.05, 3.63) is 5.82 Å². The Morgan fingerprint density at radius 1 is 1.50 bits per heavy atom. The fourth-order valence-electron chi connectivity index (χ4n) is 1.32. The van der Waals surface area contributed by atoms with Gasteiger partial charge in [0.2, 0.25) is 5.95 Å². The van der Waals surface area contributed by atoms with E-state index in [-0.39, 0.29) is 12.1 Å². The van der Waals surface area contributed by atoms with Gasteiger partial charge in [-0.2, -0.15) is 0 Å². The molecule has 1 saturated heterocycles. The number of nitrogen functional groups attached to an aromatic ring is 2. The Morgan fingerprint density at radius 3 is 2.83 bits per heavy atom. The summed E-state index contributed by atoms with van der Waals surface area (Å²) in [6.45, 7) is 0.761. The predicted molar refractivity (Wildman–Crippen MR) is 42.5 cm³/mol. The van der Waals surface area contributed by atoms with E-state index in [2.05, 4.69) is 10.2 Å². The van der Waals surface area contributed by atoms with Crippen molar-refractivity contribution in [3.63, 3.8) is 0 Å². The molecule has 1 atom stereocenters. The molecule has 2 heterocycles. The summed E-state index contributed by atoms with van der Waals surface area (Å²) >= 11 is 0. The topological polar surface area (TPSA) is 92.0 Å². The lowest BCUT2D eigenvalue weighted by Crippen LogP contribution is -2.17. The molecule has 1 aromatic rings. The third-order valence-electron chi connectivity index (χ3n) is 1.97. The van der Waals surface area contributed by atoms with Crippen LogP contribution in [0.25, 0.3) is 0 Å². The van der Waals surface area contributed by atoms with E-state index in [1.54, 1.807) is 0 Å². The lowest BCUT2D eigenvalue weighted by Gasteiger charge is -2.06. The lowest BCUT2D eigenvalue weighted by molar-refractivity contribution is 0.103. The van der Waals surface area contributed by atoms with Gasteiger partial charge in [-0.15, -0.1) is 10.2 Å². The van der Waals surface area contributed by atoms with E-state index in [4.69, 9.17) is 16.3 Å². The van der Waals surface area contributed by atoms with Crippen LogP contribution in [0.3, 0.4) is 0 Å². The van der Waals surface area contributed by atoms with Crippen LogP contribution in [0.15, 0.2) is 0 Å². The SMILES string of the molecule is Nc1nnc(C2CCCO2)n1N. The minimum atomic E-state index is -0.0280. The highest BCUT2D eigenvalue weighted by molar-refractivity contribution is 5.18. The number of rotatable bonds is 1. The molecule has 66 valence electrons. The van der Waals surface area contributed by atoms with Crippen molar-refractivity contribution in [1.82, 2.24) is 14.9 Å². The molecular weight excluding hydrogens is 158 g/mol. The van der Waals surface area contributed by atoms with E-state index < -0.39 is 0 Å². The molecular formula is C6H11N5O. The molecule has 1 unspecified atom stereocenters. The Labute approximate surface area is 69.5 Å². The molecule has 0 aliphatic carbocycles. The van der Waals surface area contributed by atoms with Crippen LogP contribution in [-0.2, 0) is 4.74 Å². The van der Waals surface area contributed by atoms with Gasteiger partial charge in [0, 0.05) is 6.61 Å². The van der Waals surface area contributed by atoms with Gasteiger partial charge in [0.15, 0.2) is 5.82 Å². The first kappa shape index (κ1) is 7.35. The zero-order valence-corrected chi connectivity index (χ0v) is 6.60. The molecule has 1 aliphatic rings. The molecule has 1 fully saturated rings. The first-order valence-electron chi connectivity index (χ1n) is 3.86. The molecule has 0 aromatic carbocycles. The van der Waals surface area contributed by atoms with Gasteiger partial charge >= 0.3 is 0 Å². The number of aromatic nitrogens is 3. The van der Waals surface area contributed by atoms with Gasteiger partial charge in [-0.1, -0.05) is 0 Å². The zero-order valence-electron chi connectivity index (χ0n) is 6.60. The van der Waals surface area contributed by atoms with Gasteiger partial charge in [-0.25, -0.2) is 4.68 Å². The molecule has 0 spiro atoms. The Balaban J connectivity index is 2.26. The second-order valence-corrected chi connectivity index (χ2v) is 2.79. The van der Waals surface area contributed by atoms with Gasteiger partial charge in [0.1, 0.15) is 6.10 Å². The largest absolute Gasteiger partial charge is 0.370 e. The van der Waals surface area contributed by atoms with Gasteiger partial charge in [-0.3, -0.25) is 0 Å². The zero-order chi connectivity index (χ0) is 8.55. The number of hydrogen-bond acceptors (Lipinski definition) is 5. The summed E-state index contributed by atoms with van der Waals surface area (Å²) in [6, 6.07) is 0. The summed E-state index contributed by atoms with van der Waals surface area (Å²) in [6.07, 6.45) is 1.95. The van der Waals surface area contributed by atoms with Crippen LogP contribution in [0.2, 0.25) is 0 Å². The van der Waals surface area contributed by atoms with Crippen LogP contribution in [0.5, 0.6) is 0 Å². The third-order valence-corrected chi connectivity index (χ3v) is 1.97. The van der Waals surface area contributed by atoms with Gasteiger partial charge < -0.3 is 16.3 Å². The van der Waals surface area contributed by atoms with Crippen molar-refractivity contribution >= 4 is 5.95 Å². The Hall–Kier alpha value is -1.30. The molecule has 0 radical (unpaired) electrons. The molecule has 0 amide bonds. The number of ether oxygens (including phenoxy) is 1. The standard InChI is InChI=1S/C6H11N5O/c7-6-10-9-5(11(6)8)4-2-1-3-12-4/h4H,1-3,8H2,(H2,7,10). The first-order valence-corrected chi connectivity index (χ1v) is 3.86. The van der Waals surface area contributed by atoms with Crippen molar-refractivity contribution in [2.24, 2.45) is 0 Å². The van der Waals surface area contributed by atoms with Crippen LogP contribution < -0.4 is 11.6 Å². The van der Waals surface area contributed by atoms with E-state index in [0.717, 1.165) is 19.4 Å². The Morgan fingerprint density at radius 2 is 2.33 bits per heavy atom. The molecule has 2 rings (SSSR count). The summed E-state index contributed by atoms with van der Waals surface area (Å²) in [5, 5.41) is 7.48. The number of nitrogens with zero attached hydrogens (tertiary/aromatic N) is 3. The van der Waals surface area contributed by atoms with E-state index in [1.165, 1.54) is 4.68 Å². The highest BCUT2D eigenvalue weighted by Gasteiger charge is 2.23. The van der Waals surface area contributed by atoms with Crippen molar-refractivity contribution < 1.29 is 4.74 Å². The fraction of sp³-hybridized carbons (Fsp3) is 0.667. The smallest absolute Gasteiger partial charge is 0.240 e. The van der Waals surface area contributed by atoms with Gasteiger partial charge in [0.05, 0.1) is 0 Å². The minimum Gasteiger partial charge on any atom is -0.370 e. The normalized spacial score (nSPS) is 23.2. The summed E-state index contributed by atoms with van der Waals surface area (Å²) < 4.78 is 6.65. The molecule has 1 aromatic heterocycles. The van der Waals surface area contributed by atoms with Crippen molar-refractivity contribution in [2.45, 2.75) is 18.9 Å². The van der Waals surface area contributed by atoms with Gasteiger partial charge in [0.25, 0.3) is 0 Å². The molecule has 4 N–H and O–H groups in total. The summed E-state index contributed by atoms with van der Waals surface area (Å²) in [7, 11) is 0. The van der Waals surface area contributed by atoms with Crippen molar-refractivity contribution in [1.29, 1.82) is 0 Å². The first-order chi connectivity index (χ1) is 5.79. The highest BCUT2D eigenvalue weighted by Crippen LogP contribution is 2.26. The number of nitrogens with two attached hydrogens (primary N) is 2. The van der Waals surface area contributed by atoms with Crippen molar-refractivity contribution in [3.8, 4) is 0 Å².